The van der Waals surface area contributed by atoms with Crippen molar-refractivity contribution in [1.82, 2.24) is 4.90 Å². The number of aliphatic hydroxyl groups excluding tert-OH is 1. The predicted molar refractivity (Wildman–Crippen MR) is 135 cm³/mol. The Morgan fingerprint density at radius 2 is 1.45 bits per heavy atom. The summed E-state index contributed by atoms with van der Waals surface area (Å²) in [5.74, 6) is 2.19. The van der Waals surface area contributed by atoms with Gasteiger partial charge in [0.2, 0.25) is 0 Å². The van der Waals surface area contributed by atoms with Crippen LogP contribution in [0.25, 0.3) is 0 Å². The van der Waals surface area contributed by atoms with E-state index >= 15 is 0 Å². The van der Waals surface area contributed by atoms with Crippen LogP contribution in [0.1, 0.15) is 61.8 Å². The Kier molecular flexibility index (Phi) is 8.20. The van der Waals surface area contributed by atoms with E-state index in [1.54, 1.807) is 0 Å². The first-order chi connectivity index (χ1) is 16.2. The number of ether oxygens (including phenoxy) is 1. The summed E-state index contributed by atoms with van der Waals surface area (Å²) in [6.07, 6.45) is 3.07. The van der Waals surface area contributed by atoms with Crippen molar-refractivity contribution in [3.63, 3.8) is 0 Å². The molecule has 3 aromatic rings. The van der Waals surface area contributed by atoms with Crippen molar-refractivity contribution in [3.05, 3.63) is 102 Å². The van der Waals surface area contributed by atoms with Gasteiger partial charge in [-0.3, -0.25) is 4.90 Å². The summed E-state index contributed by atoms with van der Waals surface area (Å²) in [6, 6.07) is 29.2. The quantitative estimate of drug-likeness (QED) is 0.405. The minimum atomic E-state index is -0.499. The molecule has 3 atom stereocenters. The molecule has 1 N–H and O–H groups in total. The lowest BCUT2D eigenvalue weighted by atomic mass is 9.78. The molecule has 4 rings (SSSR count). The average molecular weight is 444 g/mol. The van der Waals surface area contributed by atoms with Gasteiger partial charge in [0.25, 0.3) is 0 Å². The van der Waals surface area contributed by atoms with Gasteiger partial charge in [0.15, 0.2) is 0 Å². The van der Waals surface area contributed by atoms with E-state index in [-0.39, 0.29) is 6.04 Å². The monoisotopic (exact) mass is 443 g/mol. The van der Waals surface area contributed by atoms with E-state index in [1.165, 1.54) is 24.8 Å². The van der Waals surface area contributed by atoms with Crippen LogP contribution >= 0.6 is 0 Å². The van der Waals surface area contributed by atoms with Crippen molar-refractivity contribution in [1.29, 1.82) is 0 Å². The molecule has 1 saturated heterocycles. The molecule has 0 aliphatic carbocycles. The van der Waals surface area contributed by atoms with Gasteiger partial charge < -0.3 is 9.84 Å². The van der Waals surface area contributed by atoms with Gasteiger partial charge >= 0.3 is 0 Å². The number of hydrogen-bond donors (Lipinski definition) is 1. The molecule has 3 unspecified atom stereocenters. The molecule has 0 aromatic heterocycles. The minimum absolute atomic E-state index is 0.0961. The zero-order valence-corrected chi connectivity index (χ0v) is 19.9. The van der Waals surface area contributed by atoms with Crippen molar-refractivity contribution < 1.29 is 9.84 Å². The van der Waals surface area contributed by atoms with Gasteiger partial charge in [0.1, 0.15) is 12.4 Å². The van der Waals surface area contributed by atoms with E-state index in [0.717, 1.165) is 35.9 Å². The van der Waals surface area contributed by atoms with Gasteiger partial charge in [-0.25, -0.2) is 0 Å². The van der Waals surface area contributed by atoms with Crippen molar-refractivity contribution in [2.45, 2.75) is 57.8 Å². The van der Waals surface area contributed by atoms with Gasteiger partial charge in [0.05, 0.1) is 6.10 Å². The van der Waals surface area contributed by atoms with Crippen LogP contribution in [0.15, 0.2) is 84.9 Å². The first-order valence-electron chi connectivity index (χ1n) is 12.4. The summed E-state index contributed by atoms with van der Waals surface area (Å²) in [6.45, 7) is 7.10. The van der Waals surface area contributed by atoms with Gasteiger partial charge in [-0.2, -0.15) is 0 Å². The van der Waals surface area contributed by atoms with Crippen LogP contribution in [0.3, 0.4) is 0 Å². The Hall–Kier alpha value is -2.62. The second kappa shape index (κ2) is 11.5. The van der Waals surface area contributed by atoms with Crippen LogP contribution < -0.4 is 4.74 Å². The molecule has 0 amide bonds. The molecule has 1 heterocycles. The van der Waals surface area contributed by atoms with Crippen molar-refractivity contribution in [2.75, 3.05) is 13.1 Å². The molecule has 33 heavy (non-hydrogen) atoms. The second-order valence-electron chi connectivity index (χ2n) is 9.33. The third-order valence-electron chi connectivity index (χ3n) is 7.31. The van der Waals surface area contributed by atoms with Gasteiger partial charge in [0, 0.05) is 6.04 Å². The summed E-state index contributed by atoms with van der Waals surface area (Å²) >= 11 is 0. The van der Waals surface area contributed by atoms with E-state index in [1.807, 2.05) is 42.5 Å². The molecule has 3 nitrogen and oxygen atoms in total. The van der Waals surface area contributed by atoms with Crippen LogP contribution in [0.4, 0.5) is 0 Å². The number of piperidine rings is 1. The maximum atomic E-state index is 11.1. The third kappa shape index (κ3) is 6.04. The molecule has 1 fully saturated rings. The highest BCUT2D eigenvalue weighted by Crippen LogP contribution is 2.36. The Morgan fingerprint density at radius 1 is 0.848 bits per heavy atom. The van der Waals surface area contributed by atoms with Crippen molar-refractivity contribution in [3.8, 4) is 5.75 Å². The summed E-state index contributed by atoms with van der Waals surface area (Å²) in [5, 5.41) is 11.1. The number of benzene rings is 3. The topological polar surface area (TPSA) is 32.7 Å². The lowest BCUT2D eigenvalue weighted by Gasteiger charge is -2.40. The summed E-state index contributed by atoms with van der Waals surface area (Å²) < 4.78 is 5.89. The highest BCUT2D eigenvalue weighted by molar-refractivity contribution is 5.29. The van der Waals surface area contributed by atoms with Crippen molar-refractivity contribution >= 4 is 0 Å². The molecule has 0 spiro atoms. The van der Waals surface area contributed by atoms with Gasteiger partial charge in [-0.05, 0) is 79.9 Å². The lowest BCUT2D eigenvalue weighted by Crippen LogP contribution is -2.43. The van der Waals surface area contributed by atoms with Gasteiger partial charge in [-0.1, -0.05) is 79.7 Å². The van der Waals surface area contributed by atoms with Crippen LogP contribution in [-0.2, 0) is 6.61 Å². The Balaban J connectivity index is 1.30. The van der Waals surface area contributed by atoms with Crippen LogP contribution in [-0.4, -0.2) is 29.1 Å². The second-order valence-corrected chi connectivity index (χ2v) is 9.33. The predicted octanol–water partition coefficient (Wildman–Crippen LogP) is 6.59. The van der Waals surface area contributed by atoms with Crippen LogP contribution in [0.5, 0.6) is 5.75 Å². The SMILES string of the molecule is CCC(c1ccccc1)C1CCN(C(C)C(O)c2ccc(OCc3ccccc3)cc2)CC1. The standard InChI is InChI=1S/C30H37NO2/c1-3-29(25-12-8-5-9-13-25)26-18-20-31(21-19-26)23(2)30(32)27-14-16-28(17-15-27)33-22-24-10-6-4-7-11-24/h4-17,23,26,29-30,32H,3,18-22H2,1-2H3. The number of nitrogens with zero attached hydrogens (tertiary/aromatic N) is 1. The molecule has 1 aliphatic rings. The maximum Gasteiger partial charge on any atom is 0.119 e. The lowest BCUT2D eigenvalue weighted by molar-refractivity contribution is 0.0340. The summed E-state index contributed by atoms with van der Waals surface area (Å²) in [4.78, 5) is 2.46. The molecule has 1 aliphatic heterocycles. The molecular weight excluding hydrogens is 406 g/mol. The highest BCUT2D eigenvalue weighted by Gasteiger charge is 2.31. The minimum Gasteiger partial charge on any atom is -0.489 e. The summed E-state index contributed by atoms with van der Waals surface area (Å²) in [5.41, 5.74) is 3.57. The molecular formula is C30H37NO2. The van der Waals surface area contributed by atoms with Gasteiger partial charge in [-0.15, -0.1) is 0 Å². The number of likely N-dealkylation sites (tertiary alicyclic amines) is 1. The molecule has 0 saturated carbocycles. The Bertz CT molecular complexity index is 950. The van der Waals surface area contributed by atoms with Crippen LogP contribution in [0.2, 0.25) is 0 Å². The molecule has 3 aromatic carbocycles. The first-order valence-corrected chi connectivity index (χ1v) is 12.4. The molecule has 0 bridgehead atoms. The molecule has 174 valence electrons. The summed E-state index contributed by atoms with van der Waals surface area (Å²) in [7, 11) is 0. The average Bonchev–Trinajstić information content (AvgIpc) is 2.89. The van der Waals surface area contributed by atoms with E-state index in [0.29, 0.717) is 12.5 Å². The number of hydrogen-bond acceptors (Lipinski definition) is 3. The Morgan fingerprint density at radius 3 is 2.06 bits per heavy atom. The largest absolute Gasteiger partial charge is 0.489 e. The van der Waals surface area contributed by atoms with Crippen LogP contribution in [0, 0.1) is 5.92 Å². The fourth-order valence-electron chi connectivity index (χ4n) is 5.25. The zero-order chi connectivity index (χ0) is 23.0. The number of rotatable bonds is 9. The van der Waals surface area contributed by atoms with E-state index < -0.39 is 6.10 Å². The highest BCUT2D eigenvalue weighted by atomic mass is 16.5. The fraction of sp³-hybridized carbons (Fsp3) is 0.400. The van der Waals surface area contributed by atoms with E-state index in [2.05, 4.69) is 61.2 Å². The fourth-order valence-corrected chi connectivity index (χ4v) is 5.25. The third-order valence-corrected chi connectivity index (χ3v) is 7.31. The molecule has 0 radical (unpaired) electrons. The zero-order valence-electron chi connectivity index (χ0n) is 19.9. The van der Waals surface area contributed by atoms with E-state index in [4.69, 9.17) is 4.74 Å². The van der Waals surface area contributed by atoms with E-state index in [9.17, 15) is 5.11 Å². The smallest absolute Gasteiger partial charge is 0.119 e. The first kappa shape index (κ1) is 23.5. The normalized spacial score (nSPS) is 17.9. The number of aliphatic hydroxyl groups is 1. The van der Waals surface area contributed by atoms with Crippen molar-refractivity contribution in [2.24, 2.45) is 5.92 Å². The molecule has 3 heteroatoms. The maximum absolute atomic E-state index is 11.1. The Labute approximate surface area is 199 Å².